The number of amides is 1. The van der Waals surface area contributed by atoms with Gasteiger partial charge in [-0.3, -0.25) is 19.9 Å². The number of piperidine rings is 1. The lowest BCUT2D eigenvalue weighted by molar-refractivity contribution is -0.385. The summed E-state index contributed by atoms with van der Waals surface area (Å²) in [6, 6.07) is 9.94. The van der Waals surface area contributed by atoms with Gasteiger partial charge in [-0.05, 0) is 25.0 Å². The fourth-order valence-corrected chi connectivity index (χ4v) is 2.98. The van der Waals surface area contributed by atoms with E-state index >= 15 is 0 Å². The van der Waals surface area contributed by atoms with Crippen LogP contribution in [-0.4, -0.2) is 39.9 Å². The van der Waals surface area contributed by atoms with Crippen molar-refractivity contribution in [3.05, 3.63) is 64.5 Å². The second-order valence-corrected chi connectivity index (χ2v) is 5.97. The zero-order valence-corrected chi connectivity index (χ0v) is 13.7. The van der Waals surface area contributed by atoms with Crippen molar-refractivity contribution in [2.24, 2.45) is 0 Å². The van der Waals surface area contributed by atoms with Crippen molar-refractivity contribution in [3.8, 4) is 5.75 Å². The van der Waals surface area contributed by atoms with E-state index in [0.29, 0.717) is 18.7 Å². The molecule has 2 aromatic rings. The molecule has 0 saturated carbocycles. The lowest BCUT2D eigenvalue weighted by Crippen LogP contribution is -2.45. The first kappa shape index (κ1) is 16.9. The van der Waals surface area contributed by atoms with Crippen LogP contribution < -0.4 is 4.74 Å². The van der Waals surface area contributed by atoms with E-state index in [9.17, 15) is 14.9 Å². The predicted molar refractivity (Wildman–Crippen MR) is 91.3 cm³/mol. The number of pyridine rings is 1. The molecule has 0 bridgehead atoms. The first-order chi connectivity index (χ1) is 12.1. The van der Waals surface area contributed by atoms with E-state index < -0.39 is 4.92 Å². The molecule has 1 saturated heterocycles. The van der Waals surface area contributed by atoms with Crippen LogP contribution in [0, 0.1) is 10.1 Å². The van der Waals surface area contributed by atoms with Gasteiger partial charge in [0.15, 0.2) is 0 Å². The van der Waals surface area contributed by atoms with E-state index in [1.807, 2.05) is 0 Å². The molecule has 0 aliphatic carbocycles. The van der Waals surface area contributed by atoms with E-state index in [0.717, 1.165) is 18.6 Å². The molecule has 7 nitrogen and oxygen atoms in total. The molecule has 1 fully saturated rings. The number of hydrogen-bond acceptors (Lipinski definition) is 5. The number of nitrogens with zero attached hydrogens (tertiary/aromatic N) is 3. The molecule has 130 valence electrons. The van der Waals surface area contributed by atoms with Gasteiger partial charge >= 0.3 is 0 Å². The van der Waals surface area contributed by atoms with Crippen LogP contribution in [-0.2, 0) is 11.2 Å². The highest BCUT2D eigenvalue weighted by Crippen LogP contribution is 2.21. The molecule has 0 spiro atoms. The number of nitro groups is 1. The standard InChI is InChI=1S/C18H19N3O4/c22-18(12-14-4-1-2-6-17(14)21(23)24)20-11-3-5-16(13-20)25-15-7-9-19-10-8-15/h1-2,4,6-10,16H,3,5,11-13H2. The van der Waals surface area contributed by atoms with Gasteiger partial charge in [-0.1, -0.05) is 18.2 Å². The van der Waals surface area contributed by atoms with Gasteiger partial charge in [-0.25, -0.2) is 0 Å². The quantitative estimate of drug-likeness (QED) is 0.616. The lowest BCUT2D eigenvalue weighted by atomic mass is 10.1. The van der Waals surface area contributed by atoms with E-state index in [-0.39, 0.29) is 24.1 Å². The molecular formula is C18H19N3O4. The fourth-order valence-electron chi connectivity index (χ4n) is 2.98. The number of para-hydroxylation sites is 1. The van der Waals surface area contributed by atoms with Crippen LogP contribution in [0.25, 0.3) is 0 Å². The summed E-state index contributed by atoms with van der Waals surface area (Å²) in [6.07, 6.45) is 4.99. The molecule has 1 aromatic carbocycles. The maximum Gasteiger partial charge on any atom is 0.273 e. The number of aromatic nitrogens is 1. The summed E-state index contributed by atoms with van der Waals surface area (Å²) in [5.41, 5.74) is 0.423. The average Bonchev–Trinajstić information content (AvgIpc) is 2.63. The van der Waals surface area contributed by atoms with Crippen molar-refractivity contribution in [3.63, 3.8) is 0 Å². The van der Waals surface area contributed by atoms with Gasteiger partial charge in [0.1, 0.15) is 11.9 Å². The number of ether oxygens (including phenoxy) is 1. The van der Waals surface area contributed by atoms with E-state index in [1.54, 1.807) is 47.6 Å². The first-order valence-electron chi connectivity index (χ1n) is 8.20. The molecule has 1 aliphatic heterocycles. The minimum absolute atomic E-state index is 0.0163. The summed E-state index contributed by atoms with van der Waals surface area (Å²) in [4.78, 5) is 28.9. The largest absolute Gasteiger partial charge is 0.488 e. The molecule has 1 aromatic heterocycles. The molecule has 0 radical (unpaired) electrons. The van der Waals surface area contributed by atoms with Crippen LogP contribution in [0.5, 0.6) is 5.75 Å². The lowest BCUT2D eigenvalue weighted by Gasteiger charge is -2.33. The second-order valence-electron chi connectivity index (χ2n) is 5.97. The molecule has 1 unspecified atom stereocenters. The van der Waals surface area contributed by atoms with Gasteiger partial charge in [0.2, 0.25) is 5.91 Å². The summed E-state index contributed by atoms with van der Waals surface area (Å²) in [5.74, 6) is 0.616. The van der Waals surface area contributed by atoms with Crippen molar-refractivity contribution < 1.29 is 14.5 Å². The number of hydrogen-bond donors (Lipinski definition) is 0. The molecule has 3 rings (SSSR count). The highest BCUT2D eigenvalue weighted by molar-refractivity contribution is 5.80. The van der Waals surface area contributed by atoms with E-state index in [4.69, 9.17) is 4.74 Å². The molecule has 0 N–H and O–H groups in total. The highest BCUT2D eigenvalue weighted by atomic mass is 16.6. The van der Waals surface area contributed by atoms with Gasteiger partial charge in [-0.2, -0.15) is 0 Å². The Morgan fingerprint density at radius 1 is 1.28 bits per heavy atom. The van der Waals surface area contributed by atoms with Crippen LogP contribution in [0.2, 0.25) is 0 Å². The van der Waals surface area contributed by atoms with Crippen LogP contribution in [0.4, 0.5) is 5.69 Å². The van der Waals surface area contributed by atoms with Crippen LogP contribution >= 0.6 is 0 Å². The molecule has 2 heterocycles. The van der Waals surface area contributed by atoms with Gasteiger partial charge in [0, 0.05) is 30.6 Å². The SMILES string of the molecule is O=C(Cc1ccccc1[N+](=O)[O-])N1CCCC(Oc2ccncc2)C1. The molecule has 1 aliphatic rings. The monoisotopic (exact) mass is 341 g/mol. The molecule has 1 atom stereocenters. The third kappa shape index (κ3) is 4.32. The average molecular weight is 341 g/mol. The van der Waals surface area contributed by atoms with Crippen molar-refractivity contribution in [2.75, 3.05) is 13.1 Å². The van der Waals surface area contributed by atoms with E-state index in [1.165, 1.54) is 6.07 Å². The van der Waals surface area contributed by atoms with Gasteiger partial charge in [0.05, 0.1) is 17.9 Å². The van der Waals surface area contributed by atoms with Crippen LogP contribution in [0.15, 0.2) is 48.8 Å². The van der Waals surface area contributed by atoms with Gasteiger partial charge in [0.25, 0.3) is 5.69 Å². The maximum atomic E-state index is 12.6. The Labute approximate surface area is 145 Å². The first-order valence-corrected chi connectivity index (χ1v) is 8.20. The normalized spacial score (nSPS) is 17.1. The Balaban J connectivity index is 1.63. The number of benzene rings is 1. The topological polar surface area (TPSA) is 85.6 Å². The zero-order chi connectivity index (χ0) is 17.6. The Hall–Kier alpha value is -2.96. The predicted octanol–water partition coefficient (Wildman–Crippen LogP) is 2.60. The van der Waals surface area contributed by atoms with Gasteiger partial charge in [-0.15, -0.1) is 0 Å². The summed E-state index contributed by atoms with van der Waals surface area (Å²) in [7, 11) is 0. The molecule has 25 heavy (non-hydrogen) atoms. The summed E-state index contributed by atoms with van der Waals surface area (Å²) in [6.45, 7) is 1.14. The number of carbonyl (C=O) groups is 1. The number of likely N-dealkylation sites (tertiary alicyclic amines) is 1. The van der Waals surface area contributed by atoms with Crippen molar-refractivity contribution >= 4 is 11.6 Å². The maximum absolute atomic E-state index is 12.6. The minimum atomic E-state index is -0.450. The van der Waals surface area contributed by atoms with Crippen molar-refractivity contribution in [1.29, 1.82) is 0 Å². The number of rotatable bonds is 5. The highest BCUT2D eigenvalue weighted by Gasteiger charge is 2.26. The Bertz CT molecular complexity index is 751. The smallest absolute Gasteiger partial charge is 0.273 e. The van der Waals surface area contributed by atoms with Crippen molar-refractivity contribution in [1.82, 2.24) is 9.88 Å². The molecule has 1 amide bonds. The van der Waals surface area contributed by atoms with Crippen molar-refractivity contribution in [2.45, 2.75) is 25.4 Å². The number of carbonyl (C=O) groups excluding carboxylic acids is 1. The third-order valence-corrected chi connectivity index (χ3v) is 4.21. The Morgan fingerprint density at radius 3 is 2.80 bits per heavy atom. The number of nitro benzene ring substituents is 1. The van der Waals surface area contributed by atoms with Gasteiger partial charge < -0.3 is 9.64 Å². The third-order valence-electron chi connectivity index (χ3n) is 4.21. The van der Waals surface area contributed by atoms with Crippen LogP contribution in [0.1, 0.15) is 18.4 Å². The summed E-state index contributed by atoms with van der Waals surface area (Å²) < 4.78 is 5.91. The Kier molecular flexibility index (Phi) is 5.23. The van der Waals surface area contributed by atoms with Crippen LogP contribution in [0.3, 0.4) is 0 Å². The summed E-state index contributed by atoms with van der Waals surface area (Å²) >= 11 is 0. The summed E-state index contributed by atoms with van der Waals surface area (Å²) in [5, 5.41) is 11.1. The Morgan fingerprint density at radius 2 is 2.04 bits per heavy atom. The molecule has 7 heteroatoms. The zero-order valence-electron chi connectivity index (χ0n) is 13.7. The van der Waals surface area contributed by atoms with E-state index in [2.05, 4.69) is 4.98 Å². The minimum Gasteiger partial charge on any atom is -0.488 e. The fraction of sp³-hybridized carbons (Fsp3) is 0.333. The second kappa shape index (κ2) is 7.74. The molecular weight excluding hydrogens is 322 g/mol.